The van der Waals surface area contributed by atoms with Crippen LogP contribution in [0.5, 0.6) is 5.75 Å². The van der Waals surface area contributed by atoms with Crippen LogP contribution in [0.3, 0.4) is 0 Å². The van der Waals surface area contributed by atoms with Crippen molar-refractivity contribution in [3.63, 3.8) is 0 Å². The van der Waals surface area contributed by atoms with Crippen molar-refractivity contribution >= 4 is 39.9 Å². The highest BCUT2D eigenvalue weighted by Crippen LogP contribution is 2.45. The number of hydrogen-bond donors (Lipinski definition) is 2. The number of anilines is 1. The van der Waals surface area contributed by atoms with Gasteiger partial charge in [0.1, 0.15) is 17.9 Å². The van der Waals surface area contributed by atoms with E-state index < -0.39 is 5.41 Å². The number of halogens is 1. The van der Waals surface area contributed by atoms with Crippen LogP contribution < -0.4 is 10.1 Å². The number of ether oxygens (including phenoxy) is 1. The van der Waals surface area contributed by atoms with Gasteiger partial charge in [-0.05, 0) is 37.5 Å². The zero-order valence-electron chi connectivity index (χ0n) is 20.7. The molecule has 1 fully saturated rings. The molecule has 2 aliphatic rings. The van der Waals surface area contributed by atoms with Crippen LogP contribution in [-0.2, 0) is 15.0 Å². The van der Waals surface area contributed by atoms with Crippen LogP contribution in [0.25, 0.3) is 10.8 Å². The minimum absolute atomic E-state index is 0.0294. The molecule has 0 radical (unpaired) electrons. The lowest BCUT2D eigenvalue weighted by Gasteiger charge is -2.40. The van der Waals surface area contributed by atoms with Crippen LogP contribution >= 0.6 is 11.6 Å². The van der Waals surface area contributed by atoms with Gasteiger partial charge >= 0.3 is 0 Å². The highest BCUT2D eigenvalue weighted by molar-refractivity contribution is 6.30. The first-order valence-electron chi connectivity index (χ1n) is 12.8. The molecule has 2 aromatic heterocycles. The van der Waals surface area contributed by atoms with Gasteiger partial charge in [0.15, 0.2) is 0 Å². The Hall–Kier alpha value is -3.98. The van der Waals surface area contributed by atoms with Crippen molar-refractivity contribution in [1.82, 2.24) is 25.1 Å². The normalized spacial score (nSPS) is 21.0. The van der Waals surface area contributed by atoms with Gasteiger partial charge in [0.05, 0.1) is 29.9 Å². The van der Waals surface area contributed by atoms with Gasteiger partial charge in [-0.2, -0.15) is 5.10 Å². The largest absolute Gasteiger partial charge is 0.493 e. The molecule has 194 valence electrons. The number of amides is 2. The van der Waals surface area contributed by atoms with Crippen molar-refractivity contribution in [2.24, 2.45) is 0 Å². The van der Waals surface area contributed by atoms with Crippen LogP contribution in [-0.4, -0.2) is 50.0 Å². The predicted octanol–water partition coefficient (Wildman–Crippen LogP) is 4.81. The molecule has 2 N–H and O–H groups in total. The van der Waals surface area contributed by atoms with Crippen molar-refractivity contribution in [2.45, 2.75) is 43.6 Å². The molecule has 10 heteroatoms. The van der Waals surface area contributed by atoms with E-state index in [4.69, 9.17) is 16.3 Å². The summed E-state index contributed by atoms with van der Waals surface area (Å²) < 4.78 is 5.91. The second-order valence-electron chi connectivity index (χ2n) is 9.83. The number of carbonyl (C=O) groups excluding carboxylic acids is 2. The minimum Gasteiger partial charge on any atom is -0.493 e. The summed E-state index contributed by atoms with van der Waals surface area (Å²) in [6.07, 6.45) is 7.81. The van der Waals surface area contributed by atoms with Gasteiger partial charge in [-0.15, -0.1) is 0 Å². The third kappa shape index (κ3) is 4.36. The van der Waals surface area contributed by atoms with E-state index in [-0.39, 0.29) is 24.3 Å². The Labute approximate surface area is 224 Å². The molecule has 0 saturated carbocycles. The number of rotatable bonds is 5. The van der Waals surface area contributed by atoms with E-state index >= 15 is 0 Å². The number of benzene rings is 2. The van der Waals surface area contributed by atoms with E-state index in [9.17, 15) is 9.59 Å². The molecular formula is C28H27ClN6O3. The maximum absolute atomic E-state index is 14.3. The van der Waals surface area contributed by atoms with Gasteiger partial charge in [0.2, 0.25) is 11.8 Å². The third-order valence-electron chi connectivity index (χ3n) is 7.62. The lowest BCUT2D eigenvalue weighted by atomic mass is 9.72. The summed E-state index contributed by atoms with van der Waals surface area (Å²) >= 11 is 6.41. The number of piperidine rings is 1. The van der Waals surface area contributed by atoms with Gasteiger partial charge in [-0.25, -0.2) is 4.98 Å². The zero-order chi connectivity index (χ0) is 26.1. The Bertz CT molecular complexity index is 1490. The van der Waals surface area contributed by atoms with Crippen molar-refractivity contribution in [3.05, 3.63) is 77.6 Å². The summed E-state index contributed by atoms with van der Waals surface area (Å²) in [5.74, 6) is 0.813. The first-order chi connectivity index (χ1) is 18.5. The monoisotopic (exact) mass is 530 g/mol. The van der Waals surface area contributed by atoms with Crippen molar-refractivity contribution in [2.75, 3.05) is 18.5 Å². The number of nitrogens with zero attached hydrogens (tertiary/aromatic N) is 4. The average molecular weight is 531 g/mol. The predicted molar refractivity (Wildman–Crippen MR) is 143 cm³/mol. The molecule has 4 heterocycles. The van der Waals surface area contributed by atoms with Crippen LogP contribution in [0.2, 0.25) is 5.02 Å². The van der Waals surface area contributed by atoms with E-state index in [2.05, 4.69) is 25.5 Å². The first kappa shape index (κ1) is 24.4. The van der Waals surface area contributed by atoms with Gasteiger partial charge in [0.25, 0.3) is 0 Å². The second kappa shape index (κ2) is 10.1. The second-order valence-corrected chi connectivity index (χ2v) is 10.3. The van der Waals surface area contributed by atoms with E-state index in [1.807, 2.05) is 29.2 Å². The Morgan fingerprint density at radius 3 is 2.95 bits per heavy atom. The number of carbonyl (C=O) groups is 2. The van der Waals surface area contributed by atoms with Gasteiger partial charge in [-0.3, -0.25) is 19.7 Å². The molecule has 2 atom stereocenters. The van der Waals surface area contributed by atoms with E-state index in [0.717, 1.165) is 30.0 Å². The van der Waals surface area contributed by atoms with Crippen LogP contribution in [0, 0.1) is 0 Å². The fourth-order valence-corrected chi connectivity index (χ4v) is 5.85. The molecule has 2 unspecified atom stereocenters. The fraction of sp³-hybridized carbons (Fsp3) is 0.321. The standard InChI is InChI=1S/C28H27ClN6O3/c29-19-8-9-24-21(13-19)28(10-12-38-24,27(37)33-22-16-30-15-18-5-1-2-6-20(18)22)14-25(36)35-11-4-3-7-23(35)26-31-17-32-34-26/h1-2,5-6,8-9,13,15-17,23H,3-4,7,10-12,14H2,(H,33,37)(H,31,32,34). The molecule has 0 aliphatic carbocycles. The highest BCUT2D eigenvalue weighted by atomic mass is 35.5. The Balaban J connectivity index is 1.39. The zero-order valence-corrected chi connectivity index (χ0v) is 21.4. The van der Waals surface area contributed by atoms with Crippen molar-refractivity contribution in [3.8, 4) is 5.75 Å². The summed E-state index contributed by atoms with van der Waals surface area (Å²) in [6.45, 7) is 0.892. The minimum atomic E-state index is -1.18. The highest BCUT2D eigenvalue weighted by Gasteiger charge is 2.48. The summed E-state index contributed by atoms with van der Waals surface area (Å²) in [4.78, 5) is 38.8. The summed E-state index contributed by atoms with van der Waals surface area (Å²) in [6, 6.07) is 12.8. The summed E-state index contributed by atoms with van der Waals surface area (Å²) in [5.41, 5.74) is 0.0201. The molecule has 9 nitrogen and oxygen atoms in total. The van der Waals surface area contributed by atoms with Crippen LogP contribution in [0.4, 0.5) is 5.69 Å². The molecule has 2 amide bonds. The van der Waals surface area contributed by atoms with Crippen LogP contribution in [0.15, 0.2) is 61.2 Å². The maximum Gasteiger partial charge on any atom is 0.235 e. The van der Waals surface area contributed by atoms with E-state index in [1.165, 1.54) is 6.33 Å². The molecular weight excluding hydrogens is 504 g/mol. The number of fused-ring (bicyclic) bond motifs is 2. The molecule has 38 heavy (non-hydrogen) atoms. The number of H-pyrrole nitrogens is 1. The number of pyridine rings is 1. The summed E-state index contributed by atoms with van der Waals surface area (Å²) in [5, 5.41) is 12.3. The third-order valence-corrected chi connectivity index (χ3v) is 7.86. The average Bonchev–Trinajstić information content (AvgIpc) is 3.48. The Morgan fingerprint density at radius 1 is 1.18 bits per heavy atom. The topological polar surface area (TPSA) is 113 Å². The maximum atomic E-state index is 14.3. The molecule has 0 bridgehead atoms. The lowest BCUT2D eigenvalue weighted by Crippen LogP contribution is -2.49. The molecule has 2 aliphatic heterocycles. The number of aromatic nitrogens is 4. The molecule has 6 rings (SSSR count). The van der Waals surface area contributed by atoms with Gasteiger partial charge < -0.3 is 15.0 Å². The van der Waals surface area contributed by atoms with Gasteiger partial charge in [0, 0.05) is 46.9 Å². The quantitative estimate of drug-likeness (QED) is 0.383. The Morgan fingerprint density at radius 2 is 2.08 bits per heavy atom. The smallest absolute Gasteiger partial charge is 0.235 e. The van der Waals surface area contributed by atoms with Crippen molar-refractivity contribution < 1.29 is 14.3 Å². The molecule has 0 spiro atoms. The fourth-order valence-electron chi connectivity index (χ4n) is 5.68. The lowest BCUT2D eigenvalue weighted by molar-refractivity contribution is -0.140. The van der Waals surface area contributed by atoms with Crippen molar-refractivity contribution in [1.29, 1.82) is 0 Å². The van der Waals surface area contributed by atoms with Gasteiger partial charge in [-0.1, -0.05) is 35.9 Å². The summed E-state index contributed by atoms with van der Waals surface area (Å²) in [7, 11) is 0. The number of likely N-dealkylation sites (tertiary alicyclic amines) is 1. The van der Waals surface area contributed by atoms with E-state index in [1.54, 1.807) is 30.6 Å². The molecule has 2 aromatic carbocycles. The number of aromatic amines is 1. The van der Waals surface area contributed by atoms with E-state index in [0.29, 0.717) is 47.4 Å². The molecule has 1 saturated heterocycles. The Kier molecular flexibility index (Phi) is 6.45. The number of nitrogens with one attached hydrogen (secondary N) is 2. The first-order valence-corrected chi connectivity index (χ1v) is 13.1. The number of hydrogen-bond acceptors (Lipinski definition) is 6. The SMILES string of the molecule is O=C(CC1(C(=O)Nc2cncc3ccccc23)CCOc2ccc(Cl)cc21)N1CCCCC1c1ncn[nH]1. The van der Waals surface area contributed by atoms with Crippen LogP contribution in [0.1, 0.15) is 49.5 Å². The molecule has 4 aromatic rings.